The first-order valence-electron chi connectivity index (χ1n) is 4.57. The molecule has 0 aromatic rings. The summed E-state index contributed by atoms with van der Waals surface area (Å²) < 4.78 is 4.76. The van der Waals surface area contributed by atoms with Gasteiger partial charge in [0.25, 0.3) is 0 Å². The Balaban J connectivity index is 2.32. The van der Waals surface area contributed by atoms with Crippen molar-refractivity contribution >= 4 is 17.6 Å². The van der Waals surface area contributed by atoms with E-state index in [-0.39, 0.29) is 18.0 Å². The van der Waals surface area contributed by atoms with Crippen LogP contribution in [0.15, 0.2) is 0 Å². The average Bonchev–Trinajstić information content (AvgIpc) is 2.32. The first-order valence-corrected chi connectivity index (χ1v) is 5.10. The lowest BCUT2D eigenvalue weighted by molar-refractivity contribution is -0.146. The molecule has 12 heavy (non-hydrogen) atoms. The second-order valence-corrected chi connectivity index (χ2v) is 3.48. The summed E-state index contributed by atoms with van der Waals surface area (Å²) in [6, 6.07) is -0.00463. The molecule has 3 heteroatoms. The van der Waals surface area contributed by atoms with Crippen molar-refractivity contribution in [3.05, 3.63) is 0 Å². The SMILES string of the molecule is O=C(OCCl)C1CCCCCC1. The Kier molecular flexibility index (Phi) is 4.44. The van der Waals surface area contributed by atoms with Gasteiger partial charge in [0.2, 0.25) is 0 Å². The van der Waals surface area contributed by atoms with Gasteiger partial charge in [-0.2, -0.15) is 0 Å². The van der Waals surface area contributed by atoms with Crippen molar-refractivity contribution in [2.75, 3.05) is 6.07 Å². The molecule has 0 radical (unpaired) electrons. The minimum absolute atomic E-state index is 0.00463. The van der Waals surface area contributed by atoms with E-state index in [2.05, 4.69) is 0 Å². The van der Waals surface area contributed by atoms with Gasteiger partial charge >= 0.3 is 5.97 Å². The third-order valence-electron chi connectivity index (χ3n) is 2.39. The van der Waals surface area contributed by atoms with Crippen molar-refractivity contribution in [3.63, 3.8) is 0 Å². The molecule has 70 valence electrons. The minimum atomic E-state index is -0.105. The summed E-state index contributed by atoms with van der Waals surface area (Å²) in [5.41, 5.74) is 0. The predicted molar refractivity (Wildman–Crippen MR) is 48.0 cm³/mol. The van der Waals surface area contributed by atoms with E-state index in [1.54, 1.807) is 0 Å². The molecule has 0 atom stereocenters. The average molecular weight is 191 g/mol. The highest BCUT2D eigenvalue weighted by molar-refractivity contribution is 6.17. The fraction of sp³-hybridized carbons (Fsp3) is 0.889. The molecule has 1 aliphatic carbocycles. The molecule has 0 amide bonds. The summed E-state index contributed by atoms with van der Waals surface area (Å²) in [5.74, 6) is 0.0122. The molecule has 0 saturated heterocycles. The zero-order chi connectivity index (χ0) is 8.81. The number of alkyl halides is 1. The lowest BCUT2D eigenvalue weighted by Crippen LogP contribution is -2.16. The zero-order valence-corrected chi connectivity index (χ0v) is 7.98. The molecule has 0 N–H and O–H groups in total. The van der Waals surface area contributed by atoms with E-state index >= 15 is 0 Å². The summed E-state index contributed by atoms with van der Waals surface area (Å²) >= 11 is 5.31. The molecule has 1 fully saturated rings. The summed E-state index contributed by atoms with van der Waals surface area (Å²) in [6.45, 7) is 0. The van der Waals surface area contributed by atoms with Crippen LogP contribution in [0.4, 0.5) is 0 Å². The molecule has 0 bridgehead atoms. The Morgan fingerprint density at radius 3 is 2.33 bits per heavy atom. The predicted octanol–water partition coefficient (Wildman–Crippen LogP) is 2.70. The van der Waals surface area contributed by atoms with Crippen LogP contribution in [0.5, 0.6) is 0 Å². The van der Waals surface area contributed by atoms with E-state index in [0.29, 0.717) is 0 Å². The normalized spacial score (nSPS) is 20.1. The minimum Gasteiger partial charge on any atom is -0.449 e. The van der Waals surface area contributed by atoms with Gasteiger partial charge in [-0.25, -0.2) is 0 Å². The van der Waals surface area contributed by atoms with Crippen LogP contribution in [0.3, 0.4) is 0 Å². The number of esters is 1. The first kappa shape index (κ1) is 9.85. The number of carbonyl (C=O) groups is 1. The highest BCUT2D eigenvalue weighted by Gasteiger charge is 2.20. The van der Waals surface area contributed by atoms with E-state index in [4.69, 9.17) is 16.3 Å². The third-order valence-corrected chi connectivity index (χ3v) is 2.49. The number of ether oxygens (including phenoxy) is 1. The number of rotatable bonds is 2. The third kappa shape index (κ3) is 3.02. The van der Waals surface area contributed by atoms with Crippen LogP contribution >= 0.6 is 11.6 Å². The van der Waals surface area contributed by atoms with Gasteiger partial charge in [0, 0.05) is 0 Å². The van der Waals surface area contributed by atoms with Gasteiger partial charge in [0.05, 0.1) is 5.92 Å². The zero-order valence-electron chi connectivity index (χ0n) is 7.22. The molecule has 1 saturated carbocycles. The highest BCUT2D eigenvalue weighted by atomic mass is 35.5. The number of hydrogen-bond acceptors (Lipinski definition) is 2. The van der Waals surface area contributed by atoms with Crippen molar-refractivity contribution in [2.24, 2.45) is 5.92 Å². The van der Waals surface area contributed by atoms with Crippen molar-refractivity contribution in [1.29, 1.82) is 0 Å². The van der Waals surface area contributed by atoms with Crippen LogP contribution < -0.4 is 0 Å². The number of halogens is 1. The molecule has 0 heterocycles. The molecular weight excluding hydrogens is 176 g/mol. The number of hydrogen-bond donors (Lipinski definition) is 0. The van der Waals surface area contributed by atoms with E-state index in [9.17, 15) is 4.79 Å². The van der Waals surface area contributed by atoms with Crippen molar-refractivity contribution in [2.45, 2.75) is 38.5 Å². The van der Waals surface area contributed by atoms with Gasteiger partial charge in [-0.15, -0.1) is 0 Å². The lowest BCUT2D eigenvalue weighted by Gasteiger charge is -2.10. The van der Waals surface area contributed by atoms with Crippen molar-refractivity contribution < 1.29 is 9.53 Å². The van der Waals surface area contributed by atoms with Gasteiger partial charge in [0.1, 0.15) is 0 Å². The van der Waals surface area contributed by atoms with Gasteiger partial charge in [0.15, 0.2) is 6.07 Å². The van der Waals surface area contributed by atoms with Crippen LogP contribution in [-0.2, 0) is 9.53 Å². The van der Waals surface area contributed by atoms with Gasteiger partial charge in [-0.1, -0.05) is 37.3 Å². The molecule has 2 nitrogen and oxygen atoms in total. The van der Waals surface area contributed by atoms with E-state index in [1.807, 2.05) is 0 Å². The topological polar surface area (TPSA) is 26.3 Å². The maximum Gasteiger partial charge on any atom is 0.310 e. The summed E-state index contributed by atoms with van der Waals surface area (Å²) in [7, 11) is 0. The standard InChI is InChI=1S/C9H15ClO2/c10-7-12-9(11)8-5-3-1-2-4-6-8/h8H,1-7H2. The molecule has 0 aliphatic heterocycles. The Hall–Kier alpha value is -0.240. The molecule has 1 aliphatic rings. The summed E-state index contributed by atoms with van der Waals surface area (Å²) in [6.07, 6.45) is 6.78. The van der Waals surface area contributed by atoms with Gasteiger partial charge < -0.3 is 4.74 Å². The second-order valence-electron chi connectivity index (χ2n) is 3.26. The highest BCUT2D eigenvalue weighted by Crippen LogP contribution is 2.23. The Morgan fingerprint density at radius 2 is 1.83 bits per heavy atom. The van der Waals surface area contributed by atoms with Crippen LogP contribution in [0, 0.1) is 5.92 Å². The second kappa shape index (κ2) is 5.41. The van der Waals surface area contributed by atoms with E-state index < -0.39 is 0 Å². The van der Waals surface area contributed by atoms with E-state index in [1.165, 1.54) is 12.8 Å². The van der Waals surface area contributed by atoms with Crippen LogP contribution in [0.1, 0.15) is 38.5 Å². The van der Waals surface area contributed by atoms with Crippen molar-refractivity contribution in [3.8, 4) is 0 Å². The summed E-state index contributed by atoms with van der Waals surface area (Å²) in [5, 5.41) is 0. The fourth-order valence-electron chi connectivity index (χ4n) is 1.69. The molecule has 0 unspecified atom stereocenters. The molecule has 0 aromatic heterocycles. The van der Waals surface area contributed by atoms with Crippen LogP contribution in [0.2, 0.25) is 0 Å². The van der Waals surface area contributed by atoms with Crippen LogP contribution in [-0.4, -0.2) is 12.0 Å². The molecule has 0 spiro atoms. The maximum absolute atomic E-state index is 11.2. The lowest BCUT2D eigenvalue weighted by atomic mass is 10.0. The molecule has 1 rings (SSSR count). The largest absolute Gasteiger partial charge is 0.449 e. The monoisotopic (exact) mass is 190 g/mol. The van der Waals surface area contributed by atoms with Gasteiger partial charge in [-0.3, -0.25) is 4.79 Å². The Bertz CT molecular complexity index is 139. The number of carbonyl (C=O) groups excluding carboxylic acids is 1. The quantitative estimate of drug-likeness (QED) is 0.380. The maximum atomic E-state index is 11.2. The Labute approximate surface area is 78.2 Å². The smallest absolute Gasteiger partial charge is 0.310 e. The Morgan fingerprint density at radius 1 is 1.25 bits per heavy atom. The van der Waals surface area contributed by atoms with E-state index in [0.717, 1.165) is 25.7 Å². The fourth-order valence-corrected chi connectivity index (χ4v) is 1.79. The molecular formula is C9H15ClO2. The molecule has 0 aromatic carbocycles. The first-order chi connectivity index (χ1) is 5.84. The summed E-state index contributed by atoms with van der Waals surface area (Å²) in [4.78, 5) is 11.2. The van der Waals surface area contributed by atoms with Gasteiger partial charge in [-0.05, 0) is 12.8 Å². The van der Waals surface area contributed by atoms with Crippen molar-refractivity contribution in [1.82, 2.24) is 0 Å². The van der Waals surface area contributed by atoms with Crippen LogP contribution in [0.25, 0.3) is 0 Å².